The molecule has 1 aromatic heterocycles. The van der Waals surface area contributed by atoms with Crippen molar-refractivity contribution in [3.8, 4) is 0 Å². The first kappa shape index (κ1) is 10.4. The highest BCUT2D eigenvalue weighted by Crippen LogP contribution is 2.04. The maximum atomic E-state index is 11.2. The standard InChI is InChI=1S/C13H11NO2/c1-10-9-14-12(16-13(10)15)8-7-11-5-3-2-4-6-11/h2-9H,1H3/b8-7+. The smallest absolute Gasteiger partial charge is 0.342 e. The molecule has 0 saturated heterocycles. The number of hydrogen-bond donors (Lipinski definition) is 0. The van der Waals surface area contributed by atoms with Crippen LogP contribution in [0.5, 0.6) is 0 Å². The molecule has 1 heterocycles. The number of aryl methyl sites for hydroxylation is 1. The van der Waals surface area contributed by atoms with Gasteiger partial charge in [0.25, 0.3) is 0 Å². The van der Waals surface area contributed by atoms with Crippen LogP contribution in [0.3, 0.4) is 0 Å². The van der Waals surface area contributed by atoms with Gasteiger partial charge >= 0.3 is 5.63 Å². The second-order valence-electron chi connectivity index (χ2n) is 3.41. The lowest BCUT2D eigenvalue weighted by molar-refractivity contribution is 0.474. The SMILES string of the molecule is Cc1cnc(/C=C/c2ccccc2)oc1=O. The quantitative estimate of drug-likeness (QED) is 0.769. The molecular weight excluding hydrogens is 202 g/mol. The van der Waals surface area contributed by atoms with E-state index in [0.29, 0.717) is 11.5 Å². The van der Waals surface area contributed by atoms with Gasteiger partial charge in [-0.2, -0.15) is 0 Å². The van der Waals surface area contributed by atoms with Crippen LogP contribution < -0.4 is 5.63 Å². The average molecular weight is 213 g/mol. The minimum absolute atomic E-state index is 0.319. The minimum atomic E-state index is -0.345. The second-order valence-corrected chi connectivity index (χ2v) is 3.41. The molecule has 0 unspecified atom stereocenters. The van der Waals surface area contributed by atoms with Gasteiger partial charge < -0.3 is 4.42 Å². The number of benzene rings is 1. The van der Waals surface area contributed by atoms with E-state index in [-0.39, 0.29) is 5.63 Å². The fourth-order valence-electron chi connectivity index (χ4n) is 1.22. The van der Waals surface area contributed by atoms with Crippen molar-refractivity contribution >= 4 is 12.2 Å². The maximum Gasteiger partial charge on any atom is 0.342 e. The summed E-state index contributed by atoms with van der Waals surface area (Å²) >= 11 is 0. The second kappa shape index (κ2) is 4.57. The Morgan fingerprint density at radius 3 is 2.62 bits per heavy atom. The molecule has 2 aromatic rings. The first-order valence-electron chi connectivity index (χ1n) is 4.95. The van der Waals surface area contributed by atoms with Crippen LogP contribution in [0.15, 0.2) is 45.7 Å². The van der Waals surface area contributed by atoms with Crippen LogP contribution in [0.1, 0.15) is 17.0 Å². The predicted molar refractivity (Wildman–Crippen MR) is 62.9 cm³/mol. The van der Waals surface area contributed by atoms with Gasteiger partial charge in [0, 0.05) is 12.3 Å². The average Bonchev–Trinajstić information content (AvgIpc) is 2.32. The molecule has 1 aromatic carbocycles. The van der Waals surface area contributed by atoms with Gasteiger partial charge in [0.1, 0.15) is 0 Å². The van der Waals surface area contributed by atoms with Crippen LogP contribution in [-0.2, 0) is 0 Å². The monoisotopic (exact) mass is 213 g/mol. The van der Waals surface area contributed by atoms with Crippen molar-refractivity contribution in [1.82, 2.24) is 4.98 Å². The summed E-state index contributed by atoms with van der Waals surface area (Å²) in [7, 11) is 0. The van der Waals surface area contributed by atoms with E-state index >= 15 is 0 Å². The van der Waals surface area contributed by atoms with Gasteiger partial charge in [-0.05, 0) is 18.6 Å². The molecule has 0 N–H and O–H groups in total. The molecule has 0 aliphatic rings. The van der Waals surface area contributed by atoms with Crippen molar-refractivity contribution in [2.45, 2.75) is 6.92 Å². The highest BCUT2D eigenvalue weighted by Gasteiger charge is 1.96. The van der Waals surface area contributed by atoms with Gasteiger partial charge in [-0.3, -0.25) is 0 Å². The van der Waals surface area contributed by atoms with Crippen LogP contribution in [-0.4, -0.2) is 4.98 Å². The lowest BCUT2D eigenvalue weighted by Crippen LogP contribution is -2.04. The number of rotatable bonds is 2. The van der Waals surface area contributed by atoms with Gasteiger partial charge in [0.05, 0.1) is 5.56 Å². The molecule has 0 radical (unpaired) electrons. The van der Waals surface area contributed by atoms with E-state index in [0.717, 1.165) is 5.56 Å². The number of aromatic nitrogens is 1. The summed E-state index contributed by atoms with van der Waals surface area (Å²) in [6.07, 6.45) is 5.04. The molecular formula is C13H11NO2. The maximum absolute atomic E-state index is 11.2. The summed E-state index contributed by atoms with van der Waals surface area (Å²) in [6.45, 7) is 1.67. The summed E-state index contributed by atoms with van der Waals surface area (Å²) in [5.41, 5.74) is 1.20. The van der Waals surface area contributed by atoms with Gasteiger partial charge in [0.15, 0.2) is 0 Å². The number of nitrogens with zero attached hydrogens (tertiary/aromatic N) is 1. The molecule has 0 amide bonds. The summed E-state index contributed by atoms with van der Waals surface area (Å²) in [4.78, 5) is 15.2. The largest absolute Gasteiger partial charge is 0.404 e. The van der Waals surface area contributed by atoms with Crippen LogP contribution in [0.25, 0.3) is 12.2 Å². The highest BCUT2D eigenvalue weighted by molar-refractivity contribution is 5.65. The topological polar surface area (TPSA) is 43.1 Å². The van der Waals surface area contributed by atoms with E-state index < -0.39 is 0 Å². The molecule has 0 saturated carbocycles. The van der Waals surface area contributed by atoms with Crippen LogP contribution in [0.4, 0.5) is 0 Å². The molecule has 0 fully saturated rings. The molecule has 0 atom stereocenters. The van der Waals surface area contributed by atoms with Crippen LogP contribution >= 0.6 is 0 Å². The van der Waals surface area contributed by atoms with E-state index in [1.165, 1.54) is 6.20 Å². The van der Waals surface area contributed by atoms with E-state index in [9.17, 15) is 4.79 Å². The Morgan fingerprint density at radius 1 is 1.19 bits per heavy atom. The van der Waals surface area contributed by atoms with E-state index in [1.807, 2.05) is 36.4 Å². The molecule has 0 spiro atoms. The van der Waals surface area contributed by atoms with E-state index in [2.05, 4.69) is 4.98 Å². The zero-order valence-electron chi connectivity index (χ0n) is 8.88. The zero-order chi connectivity index (χ0) is 11.4. The van der Waals surface area contributed by atoms with Gasteiger partial charge in [-0.25, -0.2) is 9.78 Å². The van der Waals surface area contributed by atoms with Gasteiger partial charge in [-0.15, -0.1) is 0 Å². The summed E-state index contributed by atoms with van der Waals surface area (Å²) in [5, 5.41) is 0. The molecule has 0 aliphatic carbocycles. The normalized spacial score (nSPS) is 10.8. The zero-order valence-corrected chi connectivity index (χ0v) is 8.88. The summed E-state index contributed by atoms with van der Waals surface area (Å²) < 4.78 is 4.98. The molecule has 16 heavy (non-hydrogen) atoms. The Balaban J connectivity index is 2.24. The third kappa shape index (κ3) is 2.45. The minimum Gasteiger partial charge on any atom is -0.404 e. The first-order valence-corrected chi connectivity index (χ1v) is 4.95. The van der Waals surface area contributed by atoms with Crippen molar-refractivity contribution in [2.75, 3.05) is 0 Å². The lowest BCUT2D eigenvalue weighted by atomic mass is 10.2. The predicted octanol–water partition coefficient (Wildman–Crippen LogP) is 2.51. The molecule has 0 bridgehead atoms. The molecule has 3 heteroatoms. The fourth-order valence-corrected chi connectivity index (χ4v) is 1.22. The van der Waals surface area contributed by atoms with E-state index in [1.54, 1.807) is 13.0 Å². The van der Waals surface area contributed by atoms with Crippen molar-refractivity contribution < 1.29 is 4.42 Å². The Bertz CT molecular complexity index is 556. The van der Waals surface area contributed by atoms with Gasteiger partial charge in [0.2, 0.25) is 5.89 Å². The third-order valence-corrected chi connectivity index (χ3v) is 2.12. The summed E-state index contributed by atoms with van der Waals surface area (Å²) in [6, 6.07) is 9.75. The highest BCUT2D eigenvalue weighted by atomic mass is 16.4. The first-order chi connectivity index (χ1) is 7.75. The Hall–Kier alpha value is -2.16. The van der Waals surface area contributed by atoms with Crippen molar-refractivity contribution in [1.29, 1.82) is 0 Å². The molecule has 2 rings (SSSR count). The van der Waals surface area contributed by atoms with Gasteiger partial charge in [-0.1, -0.05) is 30.3 Å². The van der Waals surface area contributed by atoms with Crippen molar-refractivity contribution in [3.63, 3.8) is 0 Å². The van der Waals surface area contributed by atoms with E-state index in [4.69, 9.17) is 4.42 Å². The van der Waals surface area contributed by atoms with Crippen molar-refractivity contribution in [3.05, 3.63) is 64.0 Å². The molecule has 80 valence electrons. The molecule has 0 aliphatic heterocycles. The Morgan fingerprint density at radius 2 is 1.94 bits per heavy atom. The van der Waals surface area contributed by atoms with Crippen molar-refractivity contribution in [2.24, 2.45) is 0 Å². The molecule has 3 nitrogen and oxygen atoms in total. The summed E-state index contributed by atoms with van der Waals surface area (Å²) in [5.74, 6) is 0.319. The van der Waals surface area contributed by atoms with Crippen LogP contribution in [0.2, 0.25) is 0 Å². The Labute approximate surface area is 93.1 Å². The number of hydrogen-bond acceptors (Lipinski definition) is 3. The third-order valence-electron chi connectivity index (χ3n) is 2.12. The Kier molecular flexibility index (Phi) is 2.96. The fraction of sp³-hybridized carbons (Fsp3) is 0.0769. The lowest BCUT2D eigenvalue weighted by Gasteiger charge is -1.93. The van der Waals surface area contributed by atoms with Crippen LogP contribution in [0, 0.1) is 6.92 Å².